The van der Waals surface area contributed by atoms with Gasteiger partial charge in [-0.05, 0) is 44.0 Å². The highest BCUT2D eigenvalue weighted by molar-refractivity contribution is 6.02. The zero-order valence-electron chi connectivity index (χ0n) is 14.0. The first-order chi connectivity index (χ1) is 12.2. The largest absolute Gasteiger partial charge is 0.361 e. The van der Waals surface area contributed by atoms with Crippen molar-refractivity contribution in [2.24, 2.45) is 0 Å². The van der Waals surface area contributed by atoms with Gasteiger partial charge in [-0.2, -0.15) is 0 Å². The molecule has 0 saturated heterocycles. The number of hydrogen-bond acceptors (Lipinski definition) is 5. The summed E-state index contributed by atoms with van der Waals surface area (Å²) < 4.78 is 7.13. The lowest BCUT2D eigenvalue weighted by atomic mass is 10.2. The number of aromatic nitrogens is 4. The Labute approximate surface area is 145 Å². The maximum atomic E-state index is 12.1. The van der Waals surface area contributed by atoms with E-state index in [1.165, 1.54) is 12.8 Å². The molecule has 4 rings (SSSR count). The summed E-state index contributed by atoms with van der Waals surface area (Å²) in [6, 6.07) is 9.23. The van der Waals surface area contributed by atoms with Gasteiger partial charge < -0.3 is 14.4 Å². The van der Waals surface area contributed by atoms with E-state index in [-0.39, 0.29) is 11.6 Å². The molecule has 0 atom stereocenters. The van der Waals surface area contributed by atoms with E-state index in [1.54, 1.807) is 13.0 Å². The number of aryl methyl sites for hydroxylation is 2. The van der Waals surface area contributed by atoms with Crippen molar-refractivity contribution < 1.29 is 9.32 Å². The van der Waals surface area contributed by atoms with Gasteiger partial charge in [0.25, 0.3) is 5.91 Å². The number of carbonyl (C=O) groups excluding carboxylic acids is 1. The molecular weight excluding hydrogens is 318 g/mol. The van der Waals surface area contributed by atoms with Gasteiger partial charge in [-0.25, -0.2) is 0 Å². The third-order valence-corrected chi connectivity index (χ3v) is 4.37. The predicted octanol–water partition coefficient (Wildman–Crippen LogP) is 3.22. The molecule has 128 valence electrons. The molecule has 2 aromatic heterocycles. The Balaban J connectivity index is 1.52. The van der Waals surface area contributed by atoms with Crippen molar-refractivity contribution in [2.45, 2.75) is 39.2 Å². The van der Waals surface area contributed by atoms with Crippen molar-refractivity contribution in [3.05, 3.63) is 47.6 Å². The number of amides is 1. The van der Waals surface area contributed by atoms with E-state index in [9.17, 15) is 4.79 Å². The number of benzene rings is 1. The summed E-state index contributed by atoms with van der Waals surface area (Å²) in [5.74, 6) is 2.27. The average Bonchev–Trinajstić information content (AvgIpc) is 3.16. The fourth-order valence-corrected chi connectivity index (χ4v) is 3.07. The van der Waals surface area contributed by atoms with E-state index in [0.29, 0.717) is 11.4 Å². The van der Waals surface area contributed by atoms with Crippen LogP contribution in [0.3, 0.4) is 0 Å². The maximum Gasteiger partial charge on any atom is 0.277 e. The Hall–Kier alpha value is -2.96. The number of rotatable bonds is 3. The summed E-state index contributed by atoms with van der Waals surface area (Å²) >= 11 is 0. The van der Waals surface area contributed by atoms with Crippen LogP contribution in [0.2, 0.25) is 0 Å². The Morgan fingerprint density at radius 1 is 1.16 bits per heavy atom. The van der Waals surface area contributed by atoms with E-state index in [4.69, 9.17) is 4.52 Å². The fourth-order valence-electron chi connectivity index (χ4n) is 3.07. The standard InChI is InChI=1S/C18H19N5O2/c1-12-11-15(22-25-12)18(24)19-14-8-6-13(7-9-14)17-21-20-16-5-3-2-4-10-23(16)17/h6-9,11H,2-5,10H2,1H3,(H,19,24). The Kier molecular flexibility index (Phi) is 4.05. The third kappa shape index (κ3) is 3.17. The molecule has 0 fully saturated rings. The predicted molar refractivity (Wildman–Crippen MR) is 92.2 cm³/mol. The van der Waals surface area contributed by atoms with Crippen LogP contribution in [0, 0.1) is 6.92 Å². The molecule has 3 heterocycles. The van der Waals surface area contributed by atoms with E-state index >= 15 is 0 Å². The summed E-state index contributed by atoms with van der Waals surface area (Å²) in [4.78, 5) is 12.1. The van der Waals surface area contributed by atoms with Crippen molar-refractivity contribution in [1.29, 1.82) is 0 Å². The van der Waals surface area contributed by atoms with Crippen LogP contribution >= 0.6 is 0 Å². The van der Waals surface area contributed by atoms with Crippen LogP contribution in [0.5, 0.6) is 0 Å². The fraction of sp³-hybridized carbons (Fsp3) is 0.333. The van der Waals surface area contributed by atoms with Gasteiger partial charge in [0, 0.05) is 30.3 Å². The van der Waals surface area contributed by atoms with E-state index in [1.807, 2.05) is 24.3 Å². The molecule has 1 aliphatic heterocycles. The molecule has 0 spiro atoms. The molecule has 0 unspecified atom stereocenters. The molecule has 25 heavy (non-hydrogen) atoms. The smallest absolute Gasteiger partial charge is 0.277 e. The minimum Gasteiger partial charge on any atom is -0.361 e. The van der Waals surface area contributed by atoms with Crippen LogP contribution in [0.1, 0.15) is 41.3 Å². The van der Waals surface area contributed by atoms with Crippen molar-refractivity contribution in [3.63, 3.8) is 0 Å². The molecule has 0 bridgehead atoms. The average molecular weight is 337 g/mol. The number of fused-ring (bicyclic) bond motifs is 1. The molecule has 1 aliphatic rings. The second kappa shape index (κ2) is 6.51. The normalized spacial score (nSPS) is 14.0. The van der Waals surface area contributed by atoms with Crippen molar-refractivity contribution in [2.75, 3.05) is 5.32 Å². The number of nitrogens with zero attached hydrogens (tertiary/aromatic N) is 4. The maximum absolute atomic E-state index is 12.1. The van der Waals surface area contributed by atoms with E-state index < -0.39 is 0 Å². The van der Waals surface area contributed by atoms with Crippen LogP contribution in [0.4, 0.5) is 5.69 Å². The highest BCUT2D eigenvalue weighted by atomic mass is 16.5. The van der Waals surface area contributed by atoms with Gasteiger partial charge in [0.05, 0.1) is 0 Å². The highest BCUT2D eigenvalue weighted by Crippen LogP contribution is 2.24. The molecule has 0 radical (unpaired) electrons. The Morgan fingerprint density at radius 2 is 2.00 bits per heavy atom. The molecule has 0 saturated carbocycles. The summed E-state index contributed by atoms with van der Waals surface area (Å²) in [7, 11) is 0. The number of carbonyl (C=O) groups is 1. The lowest BCUT2D eigenvalue weighted by Gasteiger charge is -2.08. The van der Waals surface area contributed by atoms with Crippen LogP contribution in [0.25, 0.3) is 11.4 Å². The lowest BCUT2D eigenvalue weighted by Crippen LogP contribution is -2.12. The molecule has 7 heteroatoms. The number of hydrogen-bond donors (Lipinski definition) is 1. The number of nitrogens with one attached hydrogen (secondary N) is 1. The highest BCUT2D eigenvalue weighted by Gasteiger charge is 2.16. The van der Waals surface area contributed by atoms with E-state index in [2.05, 4.69) is 25.2 Å². The zero-order valence-corrected chi connectivity index (χ0v) is 14.0. The monoisotopic (exact) mass is 337 g/mol. The number of anilines is 1. The van der Waals surface area contributed by atoms with Crippen LogP contribution in [-0.4, -0.2) is 25.8 Å². The lowest BCUT2D eigenvalue weighted by molar-refractivity contribution is 0.101. The van der Waals surface area contributed by atoms with Crippen LogP contribution < -0.4 is 5.32 Å². The van der Waals surface area contributed by atoms with Gasteiger partial charge >= 0.3 is 0 Å². The molecule has 1 N–H and O–H groups in total. The van der Waals surface area contributed by atoms with Crippen molar-refractivity contribution in [1.82, 2.24) is 19.9 Å². The molecule has 1 amide bonds. The Bertz CT molecular complexity index is 895. The minimum absolute atomic E-state index is 0.268. The topological polar surface area (TPSA) is 85.8 Å². The first kappa shape index (κ1) is 15.6. The molecule has 1 aromatic carbocycles. The zero-order chi connectivity index (χ0) is 17.2. The van der Waals surface area contributed by atoms with Gasteiger partial charge in [0.1, 0.15) is 11.6 Å². The SMILES string of the molecule is Cc1cc(C(=O)Nc2ccc(-c3nnc4n3CCCCC4)cc2)no1. The van der Waals surface area contributed by atoms with E-state index in [0.717, 1.165) is 36.6 Å². The summed E-state index contributed by atoms with van der Waals surface area (Å²) in [5, 5.41) is 15.2. The summed E-state index contributed by atoms with van der Waals surface area (Å²) in [6.45, 7) is 2.71. The second-order valence-corrected chi connectivity index (χ2v) is 6.26. The van der Waals surface area contributed by atoms with Gasteiger partial charge in [-0.15, -0.1) is 10.2 Å². The minimum atomic E-state index is -0.291. The first-order valence-electron chi connectivity index (χ1n) is 8.48. The van der Waals surface area contributed by atoms with Gasteiger partial charge in [0.15, 0.2) is 11.5 Å². The van der Waals surface area contributed by atoms with Crippen molar-refractivity contribution >= 4 is 11.6 Å². The molecule has 7 nitrogen and oxygen atoms in total. The second-order valence-electron chi connectivity index (χ2n) is 6.26. The summed E-state index contributed by atoms with van der Waals surface area (Å²) in [6.07, 6.45) is 4.54. The Morgan fingerprint density at radius 3 is 2.76 bits per heavy atom. The summed E-state index contributed by atoms with van der Waals surface area (Å²) in [5.41, 5.74) is 1.96. The molecule has 3 aromatic rings. The van der Waals surface area contributed by atoms with Crippen molar-refractivity contribution in [3.8, 4) is 11.4 Å². The third-order valence-electron chi connectivity index (χ3n) is 4.37. The molecular formula is C18H19N5O2. The van der Waals surface area contributed by atoms with Gasteiger partial charge in [-0.1, -0.05) is 11.6 Å². The first-order valence-corrected chi connectivity index (χ1v) is 8.48. The van der Waals surface area contributed by atoms with Gasteiger partial charge in [-0.3, -0.25) is 4.79 Å². The quantitative estimate of drug-likeness (QED) is 0.793. The molecule has 0 aliphatic carbocycles. The van der Waals surface area contributed by atoms with Crippen LogP contribution in [-0.2, 0) is 13.0 Å². The van der Waals surface area contributed by atoms with Crippen LogP contribution in [0.15, 0.2) is 34.9 Å². The van der Waals surface area contributed by atoms with Gasteiger partial charge in [0.2, 0.25) is 0 Å².